The summed E-state index contributed by atoms with van der Waals surface area (Å²) < 4.78 is 12.7. The van der Waals surface area contributed by atoms with Gasteiger partial charge in [0.25, 0.3) is 0 Å². The molecule has 1 aliphatic rings. The van der Waals surface area contributed by atoms with E-state index in [1.165, 1.54) is 4.57 Å². The molecule has 0 saturated carbocycles. The molecule has 1 fully saturated rings. The average Bonchev–Trinajstić information content (AvgIpc) is 2.72. The molecule has 1 aromatic heterocycles. The molecule has 0 aromatic carbocycles. The van der Waals surface area contributed by atoms with Crippen molar-refractivity contribution in [1.82, 2.24) is 9.55 Å². The van der Waals surface area contributed by atoms with Crippen molar-refractivity contribution in [1.29, 1.82) is 0 Å². The lowest BCUT2D eigenvalue weighted by Gasteiger charge is -2.16. The number of rotatable bonds is 4. The molecule has 100 valence electrons. The van der Waals surface area contributed by atoms with Crippen LogP contribution >= 0.6 is 0 Å². The molecule has 0 unspecified atom stereocenters. The van der Waals surface area contributed by atoms with E-state index in [2.05, 4.69) is 11.9 Å². The zero-order chi connectivity index (χ0) is 13.1. The zero-order valence-electron chi connectivity index (χ0n) is 10.7. The quantitative estimate of drug-likeness (QED) is 0.863. The number of nitrogen functional groups attached to an aromatic ring is 1. The van der Waals surface area contributed by atoms with Gasteiger partial charge in [-0.15, -0.1) is 0 Å². The second-order valence-electron chi connectivity index (χ2n) is 4.47. The van der Waals surface area contributed by atoms with Crippen molar-refractivity contribution < 1.29 is 9.47 Å². The van der Waals surface area contributed by atoms with Crippen LogP contribution in [0.25, 0.3) is 0 Å². The number of nitrogens with zero attached hydrogens (tertiary/aromatic N) is 2. The van der Waals surface area contributed by atoms with Gasteiger partial charge in [-0.25, -0.2) is 4.79 Å². The normalized spacial score (nSPS) is 27.6. The molecule has 2 heterocycles. The lowest BCUT2D eigenvalue weighted by molar-refractivity contribution is -0.0327. The summed E-state index contributed by atoms with van der Waals surface area (Å²) >= 11 is 0. The molecule has 0 radical (unpaired) electrons. The SMILES string of the molecule is CCC[C@H]1O[C@@H](n2ccc(N)nc2=O)C[C@H]1OC. The van der Waals surface area contributed by atoms with Gasteiger partial charge in [0, 0.05) is 19.7 Å². The molecule has 6 heteroatoms. The minimum atomic E-state index is -0.382. The first-order valence-electron chi connectivity index (χ1n) is 6.18. The van der Waals surface area contributed by atoms with E-state index in [9.17, 15) is 4.79 Å². The first-order valence-corrected chi connectivity index (χ1v) is 6.18. The highest BCUT2D eigenvalue weighted by molar-refractivity contribution is 5.23. The van der Waals surface area contributed by atoms with E-state index in [0.29, 0.717) is 6.42 Å². The molecular weight excluding hydrogens is 234 g/mol. The van der Waals surface area contributed by atoms with Gasteiger partial charge >= 0.3 is 5.69 Å². The molecule has 0 amide bonds. The predicted octanol–water partition coefficient (Wildman–Crippen LogP) is 0.928. The lowest BCUT2D eigenvalue weighted by Crippen LogP contribution is -2.27. The summed E-state index contributed by atoms with van der Waals surface area (Å²) in [5, 5.41) is 0. The standard InChI is InChI=1S/C12H19N3O3/c1-3-4-8-9(17-2)7-11(18-8)15-6-5-10(13)14-12(15)16/h5-6,8-9,11H,3-4,7H2,1-2H3,(H2,13,14,16)/t8-,9-,11-/m1/s1. The summed E-state index contributed by atoms with van der Waals surface area (Å²) in [6.07, 6.45) is 3.97. The Bertz CT molecular complexity index is 460. The van der Waals surface area contributed by atoms with E-state index < -0.39 is 0 Å². The lowest BCUT2D eigenvalue weighted by atomic mass is 10.1. The highest BCUT2D eigenvalue weighted by atomic mass is 16.6. The molecule has 1 aromatic rings. The summed E-state index contributed by atoms with van der Waals surface area (Å²) in [5.41, 5.74) is 5.08. The van der Waals surface area contributed by atoms with E-state index in [1.54, 1.807) is 19.4 Å². The molecule has 6 nitrogen and oxygen atoms in total. The zero-order valence-corrected chi connectivity index (χ0v) is 10.7. The number of aromatic nitrogens is 2. The molecule has 2 rings (SSSR count). The Labute approximate surface area is 106 Å². The Hall–Kier alpha value is -1.40. The molecule has 1 saturated heterocycles. The van der Waals surface area contributed by atoms with Crippen LogP contribution in [0.1, 0.15) is 32.4 Å². The van der Waals surface area contributed by atoms with Crippen LogP contribution < -0.4 is 11.4 Å². The van der Waals surface area contributed by atoms with Crippen molar-refractivity contribution >= 4 is 5.82 Å². The third-order valence-electron chi connectivity index (χ3n) is 3.22. The van der Waals surface area contributed by atoms with Crippen molar-refractivity contribution in [2.45, 2.75) is 44.6 Å². The monoisotopic (exact) mass is 253 g/mol. The van der Waals surface area contributed by atoms with Crippen LogP contribution in [0.5, 0.6) is 0 Å². The van der Waals surface area contributed by atoms with E-state index in [-0.39, 0.29) is 29.9 Å². The van der Waals surface area contributed by atoms with Gasteiger partial charge in [-0.2, -0.15) is 4.98 Å². The summed E-state index contributed by atoms with van der Waals surface area (Å²) in [4.78, 5) is 15.4. The molecular formula is C12H19N3O3. The fourth-order valence-corrected chi connectivity index (χ4v) is 2.31. The number of hydrogen-bond donors (Lipinski definition) is 1. The Balaban J connectivity index is 2.18. The number of hydrogen-bond acceptors (Lipinski definition) is 5. The van der Waals surface area contributed by atoms with Crippen molar-refractivity contribution in [3.8, 4) is 0 Å². The molecule has 0 aliphatic carbocycles. The van der Waals surface area contributed by atoms with Crippen LogP contribution in [0.15, 0.2) is 17.1 Å². The summed E-state index contributed by atoms with van der Waals surface area (Å²) in [5.74, 6) is 0.225. The first-order chi connectivity index (χ1) is 8.65. The molecule has 0 bridgehead atoms. The van der Waals surface area contributed by atoms with Crippen molar-refractivity contribution in [2.75, 3.05) is 12.8 Å². The third kappa shape index (κ3) is 2.54. The minimum absolute atomic E-state index is 0.0272. The average molecular weight is 253 g/mol. The van der Waals surface area contributed by atoms with Crippen molar-refractivity contribution in [3.05, 3.63) is 22.7 Å². The topological polar surface area (TPSA) is 79.4 Å². The van der Waals surface area contributed by atoms with Crippen LogP contribution in [0.4, 0.5) is 5.82 Å². The molecule has 18 heavy (non-hydrogen) atoms. The Morgan fingerprint density at radius 3 is 3.06 bits per heavy atom. The van der Waals surface area contributed by atoms with E-state index in [4.69, 9.17) is 15.2 Å². The van der Waals surface area contributed by atoms with Gasteiger partial charge in [0.2, 0.25) is 0 Å². The third-order valence-corrected chi connectivity index (χ3v) is 3.22. The smallest absolute Gasteiger partial charge is 0.351 e. The maximum atomic E-state index is 11.7. The molecule has 3 atom stereocenters. The van der Waals surface area contributed by atoms with Gasteiger partial charge in [-0.05, 0) is 12.5 Å². The highest BCUT2D eigenvalue weighted by Crippen LogP contribution is 2.31. The van der Waals surface area contributed by atoms with Gasteiger partial charge in [0.05, 0.1) is 12.2 Å². The van der Waals surface area contributed by atoms with Gasteiger partial charge < -0.3 is 15.2 Å². The molecule has 2 N–H and O–H groups in total. The second kappa shape index (κ2) is 5.49. The number of methoxy groups -OCH3 is 1. The maximum Gasteiger partial charge on any atom is 0.351 e. The second-order valence-corrected chi connectivity index (χ2v) is 4.47. The highest BCUT2D eigenvalue weighted by Gasteiger charge is 2.36. The fourth-order valence-electron chi connectivity index (χ4n) is 2.31. The molecule has 1 aliphatic heterocycles. The Morgan fingerprint density at radius 2 is 2.44 bits per heavy atom. The van der Waals surface area contributed by atoms with Gasteiger partial charge in [0.1, 0.15) is 12.0 Å². The van der Waals surface area contributed by atoms with E-state index in [0.717, 1.165) is 12.8 Å². The largest absolute Gasteiger partial charge is 0.383 e. The van der Waals surface area contributed by atoms with Gasteiger partial charge in [0.15, 0.2) is 0 Å². The van der Waals surface area contributed by atoms with Crippen LogP contribution in [0.3, 0.4) is 0 Å². The van der Waals surface area contributed by atoms with Gasteiger partial charge in [-0.3, -0.25) is 4.57 Å². The van der Waals surface area contributed by atoms with Crippen LogP contribution in [-0.4, -0.2) is 28.9 Å². The predicted molar refractivity (Wildman–Crippen MR) is 67.1 cm³/mol. The fraction of sp³-hybridized carbons (Fsp3) is 0.667. The van der Waals surface area contributed by atoms with Crippen molar-refractivity contribution in [2.24, 2.45) is 0 Å². The van der Waals surface area contributed by atoms with Crippen LogP contribution in [0, 0.1) is 0 Å². The van der Waals surface area contributed by atoms with E-state index in [1.807, 2.05) is 0 Å². The Kier molecular flexibility index (Phi) is 3.98. The summed E-state index contributed by atoms with van der Waals surface area (Å²) in [6, 6.07) is 1.60. The molecule has 0 spiro atoms. The Morgan fingerprint density at radius 1 is 1.67 bits per heavy atom. The first kappa shape index (κ1) is 13.0. The van der Waals surface area contributed by atoms with Gasteiger partial charge in [-0.1, -0.05) is 13.3 Å². The number of anilines is 1. The minimum Gasteiger partial charge on any atom is -0.383 e. The van der Waals surface area contributed by atoms with Crippen molar-refractivity contribution in [3.63, 3.8) is 0 Å². The summed E-state index contributed by atoms with van der Waals surface area (Å²) in [6.45, 7) is 2.10. The van der Waals surface area contributed by atoms with Crippen LogP contribution in [-0.2, 0) is 9.47 Å². The number of nitrogens with two attached hydrogens (primary N) is 1. The summed E-state index contributed by atoms with van der Waals surface area (Å²) in [7, 11) is 1.67. The number of ether oxygens (including phenoxy) is 2. The van der Waals surface area contributed by atoms with E-state index >= 15 is 0 Å². The van der Waals surface area contributed by atoms with Crippen LogP contribution in [0.2, 0.25) is 0 Å². The maximum absolute atomic E-state index is 11.7.